The van der Waals surface area contributed by atoms with Crippen molar-refractivity contribution in [2.24, 2.45) is 0 Å². The van der Waals surface area contributed by atoms with Crippen molar-refractivity contribution >= 4 is 50.2 Å². The van der Waals surface area contributed by atoms with Gasteiger partial charge in [-0.3, -0.25) is 4.79 Å². The number of ether oxygens (including phenoxy) is 3. The van der Waals surface area contributed by atoms with E-state index in [1.165, 1.54) is 23.5 Å². The SMILES string of the molecule is CCOC(=O)C(NC(=O)COc1ccc(Nc2nc3ccccc3s2)c(F)c1)C(=O)OCC. The lowest BCUT2D eigenvalue weighted by atomic mass is 10.3. The number of hydrogen-bond acceptors (Lipinski definition) is 9. The minimum atomic E-state index is -1.61. The summed E-state index contributed by atoms with van der Waals surface area (Å²) in [7, 11) is 0. The molecule has 0 fully saturated rings. The number of carbonyl (C=O) groups excluding carboxylic acids is 3. The highest BCUT2D eigenvalue weighted by molar-refractivity contribution is 7.22. The molecule has 2 N–H and O–H groups in total. The van der Waals surface area contributed by atoms with Crippen LogP contribution in [0, 0.1) is 5.82 Å². The predicted octanol–water partition coefficient (Wildman–Crippen LogP) is 3.17. The molecule has 1 heterocycles. The Morgan fingerprint density at radius 2 is 1.76 bits per heavy atom. The largest absolute Gasteiger partial charge is 0.484 e. The van der Waals surface area contributed by atoms with Gasteiger partial charge in [-0.05, 0) is 38.1 Å². The van der Waals surface area contributed by atoms with E-state index in [9.17, 15) is 18.8 Å². The molecule has 174 valence electrons. The molecular formula is C22H22FN3O6S. The van der Waals surface area contributed by atoms with E-state index in [0.717, 1.165) is 16.3 Å². The number of para-hydroxylation sites is 1. The van der Waals surface area contributed by atoms with E-state index in [-0.39, 0.29) is 24.7 Å². The standard InChI is InChI=1S/C22H22FN3O6S/c1-3-30-20(28)19(21(29)31-4-2)26-18(27)12-32-13-9-10-15(14(23)11-13)24-22-25-16-7-5-6-8-17(16)33-22/h5-11,19H,3-4,12H2,1-2H3,(H,24,25)(H,26,27). The van der Waals surface area contributed by atoms with Crippen molar-refractivity contribution in [3.05, 3.63) is 48.3 Å². The summed E-state index contributed by atoms with van der Waals surface area (Å²) >= 11 is 1.39. The Bertz CT molecular complexity index is 1100. The Morgan fingerprint density at radius 3 is 2.39 bits per heavy atom. The number of rotatable bonds is 10. The van der Waals surface area contributed by atoms with Crippen LogP contribution in [-0.4, -0.2) is 48.7 Å². The third-order valence-electron chi connectivity index (χ3n) is 4.20. The second-order valence-electron chi connectivity index (χ2n) is 6.55. The Balaban J connectivity index is 1.59. The van der Waals surface area contributed by atoms with Crippen LogP contribution in [-0.2, 0) is 23.9 Å². The number of amides is 1. The molecule has 3 aromatic rings. The number of fused-ring (bicyclic) bond motifs is 1. The predicted molar refractivity (Wildman–Crippen MR) is 120 cm³/mol. The van der Waals surface area contributed by atoms with Crippen molar-refractivity contribution in [1.29, 1.82) is 0 Å². The average molecular weight is 475 g/mol. The molecular weight excluding hydrogens is 453 g/mol. The Labute approximate surface area is 192 Å². The first kappa shape index (κ1) is 23.9. The van der Waals surface area contributed by atoms with Crippen molar-refractivity contribution in [3.8, 4) is 5.75 Å². The normalized spacial score (nSPS) is 10.7. The highest BCUT2D eigenvalue weighted by Crippen LogP contribution is 2.30. The van der Waals surface area contributed by atoms with Crippen molar-refractivity contribution in [1.82, 2.24) is 10.3 Å². The van der Waals surface area contributed by atoms with Gasteiger partial charge in [0.2, 0.25) is 6.04 Å². The zero-order valence-electron chi connectivity index (χ0n) is 17.9. The van der Waals surface area contributed by atoms with Crippen LogP contribution in [0.15, 0.2) is 42.5 Å². The molecule has 0 bridgehead atoms. The maximum atomic E-state index is 14.5. The number of nitrogens with zero attached hydrogens (tertiary/aromatic N) is 1. The molecule has 0 radical (unpaired) electrons. The first-order valence-corrected chi connectivity index (χ1v) is 10.9. The smallest absolute Gasteiger partial charge is 0.340 e. The number of benzene rings is 2. The maximum absolute atomic E-state index is 14.5. The molecule has 1 aromatic heterocycles. The first-order chi connectivity index (χ1) is 15.9. The van der Waals surface area contributed by atoms with E-state index in [4.69, 9.17) is 14.2 Å². The number of esters is 2. The van der Waals surface area contributed by atoms with E-state index in [1.54, 1.807) is 13.8 Å². The van der Waals surface area contributed by atoms with E-state index < -0.39 is 36.3 Å². The molecule has 33 heavy (non-hydrogen) atoms. The first-order valence-electron chi connectivity index (χ1n) is 10.1. The molecule has 2 aromatic carbocycles. The second kappa shape index (κ2) is 11.2. The number of nitrogens with one attached hydrogen (secondary N) is 2. The van der Waals surface area contributed by atoms with Crippen LogP contribution in [0.5, 0.6) is 5.75 Å². The summed E-state index contributed by atoms with van der Waals surface area (Å²) in [4.78, 5) is 40.4. The van der Waals surface area contributed by atoms with Gasteiger partial charge in [0.05, 0.1) is 29.1 Å². The number of thiazole rings is 1. The summed E-state index contributed by atoms with van der Waals surface area (Å²) in [6, 6.07) is 9.98. The van der Waals surface area contributed by atoms with Gasteiger partial charge >= 0.3 is 11.9 Å². The number of hydrogen-bond donors (Lipinski definition) is 2. The van der Waals surface area contributed by atoms with E-state index in [1.807, 2.05) is 24.3 Å². The molecule has 0 atom stereocenters. The minimum Gasteiger partial charge on any atom is -0.484 e. The number of carbonyl (C=O) groups is 3. The lowest BCUT2D eigenvalue weighted by Gasteiger charge is -2.16. The van der Waals surface area contributed by atoms with Gasteiger partial charge in [0.25, 0.3) is 5.91 Å². The molecule has 0 saturated carbocycles. The molecule has 11 heteroatoms. The van der Waals surface area contributed by atoms with E-state index >= 15 is 0 Å². The number of anilines is 2. The lowest BCUT2D eigenvalue weighted by molar-refractivity contribution is -0.159. The number of halogens is 1. The van der Waals surface area contributed by atoms with Crippen LogP contribution in [0.1, 0.15) is 13.8 Å². The molecule has 0 unspecified atom stereocenters. The molecule has 3 rings (SSSR count). The van der Waals surface area contributed by atoms with Gasteiger partial charge in [-0.2, -0.15) is 0 Å². The van der Waals surface area contributed by atoms with Gasteiger partial charge < -0.3 is 24.8 Å². The summed E-state index contributed by atoms with van der Waals surface area (Å²) < 4.78 is 30.3. The summed E-state index contributed by atoms with van der Waals surface area (Å²) in [6.45, 7) is 2.62. The van der Waals surface area contributed by atoms with Crippen LogP contribution in [0.4, 0.5) is 15.2 Å². The zero-order valence-corrected chi connectivity index (χ0v) is 18.7. The average Bonchev–Trinajstić information content (AvgIpc) is 3.20. The van der Waals surface area contributed by atoms with E-state index in [2.05, 4.69) is 15.6 Å². The highest BCUT2D eigenvalue weighted by atomic mass is 32.1. The fourth-order valence-corrected chi connectivity index (χ4v) is 3.62. The third kappa shape index (κ3) is 6.39. The van der Waals surface area contributed by atoms with Gasteiger partial charge in [-0.15, -0.1) is 0 Å². The van der Waals surface area contributed by atoms with Gasteiger partial charge in [0, 0.05) is 6.07 Å². The third-order valence-corrected chi connectivity index (χ3v) is 5.15. The highest BCUT2D eigenvalue weighted by Gasteiger charge is 2.31. The van der Waals surface area contributed by atoms with Crippen molar-refractivity contribution in [2.45, 2.75) is 19.9 Å². The molecule has 1 amide bonds. The Morgan fingerprint density at radius 1 is 1.06 bits per heavy atom. The number of aromatic nitrogens is 1. The molecule has 0 aliphatic heterocycles. The van der Waals surface area contributed by atoms with Gasteiger partial charge in [-0.25, -0.2) is 19.0 Å². The van der Waals surface area contributed by atoms with Crippen molar-refractivity contribution in [2.75, 3.05) is 25.1 Å². The van der Waals surface area contributed by atoms with Crippen molar-refractivity contribution < 1.29 is 33.0 Å². The second-order valence-corrected chi connectivity index (χ2v) is 7.58. The maximum Gasteiger partial charge on any atom is 0.340 e. The quantitative estimate of drug-likeness (QED) is 0.339. The van der Waals surface area contributed by atoms with Gasteiger partial charge in [0.1, 0.15) is 11.6 Å². The van der Waals surface area contributed by atoms with Crippen LogP contribution >= 0.6 is 11.3 Å². The fourth-order valence-electron chi connectivity index (χ4n) is 2.74. The summed E-state index contributed by atoms with van der Waals surface area (Å²) in [5, 5.41) is 5.66. The van der Waals surface area contributed by atoms with Gasteiger partial charge in [0.15, 0.2) is 11.7 Å². The van der Waals surface area contributed by atoms with E-state index in [0.29, 0.717) is 5.13 Å². The Hall–Kier alpha value is -3.73. The van der Waals surface area contributed by atoms with Crippen molar-refractivity contribution in [3.63, 3.8) is 0 Å². The zero-order chi connectivity index (χ0) is 23.8. The topological polar surface area (TPSA) is 116 Å². The van der Waals surface area contributed by atoms with Crippen LogP contribution < -0.4 is 15.4 Å². The fraction of sp³-hybridized carbons (Fsp3) is 0.273. The Kier molecular flexibility index (Phi) is 8.14. The van der Waals surface area contributed by atoms with Crippen LogP contribution in [0.25, 0.3) is 10.2 Å². The molecule has 0 saturated heterocycles. The molecule has 0 spiro atoms. The summed E-state index contributed by atoms with van der Waals surface area (Å²) in [6.07, 6.45) is 0. The minimum absolute atomic E-state index is 0.0256. The lowest BCUT2D eigenvalue weighted by Crippen LogP contribution is -2.49. The molecule has 0 aliphatic carbocycles. The van der Waals surface area contributed by atoms with Crippen LogP contribution in [0.2, 0.25) is 0 Å². The molecule has 0 aliphatic rings. The van der Waals surface area contributed by atoms with Gasteiger partial charge in [-0.1, -0.05) is 23.5 Å². The monoisotopic (exact) mass is 475 g/mol. The summed E-state index contributed by atoms with van der Waals surface area (Å²) in [5.74, 6) is -3.19. The summed E-state index contributed by atoms with van der Waals surface area (Å²) in [5.41, 5.74) is 0.996. The molecule has 9 nitrogen and oxygen atoms in total. The van der Waals surface area contributed by atoms with Crippen LogP contribution in [0.3, 0.4) is 0 Å².